The molecule has 4 aromatic carbocycles. The predicted octanol–water partition coefficient (Wildman–Crippen LogP) is 6.87. The summed E-state index contributed by atoms with van der Waals surface area (Å²) in [6, 6.07) is 40.1. The molecule has 228 valence electrons. The molecular weight excluding hydrogens is 552 g/mol. The standard InChI is InChI=1S/C38H40O6/c1-27(39)34-33-36(42-25-30-19-11-5-12-20-30)35(41-24-29-17-9-4-10-18-29)32(26-40-23-28-15-7-3-8-16-28)43-37(33)44-38(34,2)31-21-13-6-14-22-31/h3-22,32-37H,23-26H2,1-2H3/t32-,33?,34+,35-,36-,37?,38-/m1/s1. The monoisotopic (exact) mass is 592 g/mol. The Labute approximate surface area is 259 Å². The van der Waals surface area contributed by atoms with Crippen LogP contribution in [0.4, 0.5) is 0 Å². The van der Waals surface area contributed by atoms with E-state index in [0.717, 1.165) is 22.3 Å². The van der Waals surface area contributed by atoms with E-state index in [0.29, 0.717) is 19.8 Å². The third kappa shape index (κ3) is 6.70. The molecule has 2 saturated heterocycles. The summed E-state index contributed by atoms with van der Waals surface area (Å²) in [5, 5.41) is 0. The van der Waals surface area contributed by atoms with Crippen molar-refractivity contribution in [1.29, 1.82) is 0 Å². The van der Waals surface area contributed by atoms with E-state index in [2.05, 4.69) is 0 Å². The highest BCUT2D eigenvalue weighted by Gasteiger charge is 2.63. The first-order valence-corrected chi connectivity index (χ1v) is 15.3. The summed E-state index contributed by atoms with van der Waals surface area (Å²) in [6.45, 7) is 5.08. The van der Waals surface area contributed by atoms with Gasteiger partial charge in [0.05, 0.1) is 44.4 Å². The van der Waals surface area contributed by atoms with E-state index < -0.39 is 42.0 Å². The highest BCUT2D eigenvalue weighted by atomic mass is 16.7. The van der Waals surface area contributed by atoms with E-state index in [1.54, 1.807) is 6.92 Å². The van der Waals surface area contributed by atoms with Crippen LogP contribution in [-0.4, -0.2) is 37.0 Å². The zero-order valence-corrected chi connectivity index (χ0v) is 25.3. The van der Waals surface area contributed by atoms with Gasteiger partial charge in [-0.25, -0.2) is 0 Å². The van der Waals surface area contributed by atoms with E-state index in [-0.39, 0.29) is 12.4 Å². The van der Waals surface area contributed by atoms with Gasteiger partial charge >= 0.3 is 0 Å². The minimum absolute atomic E-state index is 0.0290. The Morgan fingerprint density at radius 2 is 1.16 bits per heavy atom. The smallest absolute Gasteiger partial charge is 0.165 e. The van der Waals surface area contributed by atoms with Crippen LogP contribution in [0.1, 0.15) is 36.1 Å². The van der Waals surface area contributed by atoms with Gasteiger partial charge in [-0.15, -0.1) is 0 Å². The lowest BCUT2D eigenvalue weighted by Gasteiger charge is -2.44. The molecule has 6 heteroatoms. The van der Waals surface area contributed by atoms with Crippen LogP contribution in [0.15, 0.2) is 121 Å². The average molecular weight is 593 g/mol. The van der Waals surface area contributed by atoms with Crippen LogP contribution in [0.5, 0.6) is 0 Å². The lowest BCUT2D eigenvalue weighted by Crippen LogP contribution is -2.58. The van der Waals surface area contributed by atoms with Gasteiger partial charge in [-0.1, -0.05) is 121 Å². The number of carbonyl (C=O) groups is 1. The summed E-state index contributed by atoms with van der Waals surface area (Å²) < 4.78 is 33.2. The fourth-order valence-corrected chi connectivity index (χ4v) is 6.68. The molecule has 0 amide bonds. The molecule has 4 aromatic rings. The molecule has 0 radical (unpaired) electrons. The molecule has 6 rings (SSSR count). The zero-order valence-electron chi connectivity index (χ0n) is 25.3. The Hall–Kier alpha value is -3.65. The predicted molar refractivity (Wildman–Crippen MR) is 167 cm³/mol. The summed E-state index contributed by atoms with van der Waals surface area (Å²) in [6.07, 6.45) is -2.19. The van der Waals surface area contributed by atoms with Gasteiger partial charge in [0.2, 0.25) is 0 Å². The molecule has 0 N–H and O–H groups in total. The minimum atomic E-state index is -0.902. The summed E-state index contributed by atoms with van der Waals surface area (Å²) in [7, 11) is 0. The van der Waals surface area contributed by atoms with Crippen molar-refractivity contribution in [2.75, 3.05) is 6.61 Å². The summed E-state index contributed by atoms with van der Waals surface area (Å²) >= 11 is 0. The van der Waals surface area contributed by atoms with Gasteiger partial charge < -0.3 is 23.7 Å². The number of fused-ring (bicyclic) bond motifs is 1. The molecular formula is C38H40O6. The molecule has 2 heterocycles. The van der Waals surface area contributed by atoms with Crippen molar-refractivity contribution in [1.82, 2.24) is 0 Å². The lowest BCUT2D eigenvalue weighted by atomic mass is 9.71. The van der Waals surface area contributed by atoms with Crippen molar-refractivity contribution in [3.8, 4) is 0 Å². The van der Waals surface area contributed by atoms with Crippen molar-refractivity contribution in [3.05, 3.63) is 144 Å². The van der Waals surface area contributed by atoms with Crippen LogP contribution in [0.2, 0.25) is 0 Å². The first kappa shape index (κ1) is 30.4. The van der Waals surface area contributed by atoms with Gasteiger partial charge in [0.25, 0.3) is 0 Å². The molecule has 6 nitrogen and oxygen atoms in total. The van der Waals surface area contributed by atoms with Crippen molar-refractivity contribution < 1.29 is 28.5 Å². The third-order valence-corrected chi connectivity index (χ3v) is 8.78. The molecule has 0 bridgehead atoms. The van der Waals surface area contributed by atoms with E-state index in [4.69, 9.17) is 23.7 Å². The summed E-state index contributed by atoms with van der Waals surface area (Å²) in [4.78, 5) is 13.5. The first-order chi connectivity index (χ1) is 21.5. The average Bonchev–Trinajstić information content (AvgIpc) is 3.37. The second-order valence-corrected chi connectivity index (χ2v) is 11.8. The Balaban J connectivity index is 1.34. The van der Waals surface area contributed by atoms with Gasteiger partial charge in [-0.05, 0) is 36.1 Å². The topological polar surface area (TPSA) is 63.2 Å². The number of ketones is 1. The van der Waals surface area contributed by atoms with Crippen LogP contribution in [-0.2, 0) is 53.9 Å². The Kier molecular flexibility index (Phi) is 9.65. The van der Waals surface area contributed by atoms with Gasteiger partial charge in [-0.3, -0.25) is 4.79 Å². The highest BCUT2D eigenvalue weighted by molar-refractivity contribution is 5.81. The summed E-state index contributed by atoms with van der Waals surface area (Å²) in [5.74, 6) is -0.876. The fraction of sp³-hybridized carbons (Fsp3) is 0.342. The van der Waals surface area contributed by atoms with Gasteiger partial charge in [-0.2, -0.15) is 0 Å². The molecule has 0 aliphatic carbocycles. The van der Waals surface area contributed by atoms with Crippen molar-refractivity contribution in [2.45, 2.75) is 63.9 Å². The highest BCUT2D eigenvalue weighted by Crippen LogP contribution is 2.53. The number of Topliss-reactive ketones (excluding diaryl/α,β-unsaturated/α-hetero) is 1. The molecule has 44 heavy (non-hydrogen) atoms. The largest absolute Gasteiger partial charge is 0.374 e. The Morgan fingerprint density at radius 3 is 1.68 bits per heavy atom. The molecule has 2 unspecified atom stereocenters. The van der Waals surface area contributed by atoms with Crippen LogP contribution in [0, 0.1) is 11.8 Å². The number of rotatable bonds is 12. The number of benzene rings is 4. The van der Waals surface area contributed by atoms with Crippen molar-refractivity contribution >= 4 is 5.78 Å². The normalized spacial score (nSPS) is 28.0. The second-order valence-electron chi connectivity index (χ2n) is 11.8. The third-order valence-electron chi connectivity index (χ3n) is 8.78. The number of carbonyl (C=O) groups excluding carboxylic acids is 1. The Bertz CT molecular complexity index is 1460. The maximum Gasteiger partial charge on any atom is 0.165 e. The van der Waals surface area contributed by atoms with Crippen molar-refractivity contribution in [2.24, 2.45) is 11.8 Å². The number of hydrogen-bond donors (Lipinski definition) is 0. The van der Waals surface area contributed by atoms with Gasteiger partial charge in [0.1, 0.15) is 23.6 Å². The quantitative estimate of drug-likeness (QED) is 0.179. The van der Waals surface area contributed by atoms with Crippen LogP contribution >= 0.6 is 0 Å². The molecule has 7 atom stereocenters. The number of ether oxygens (including phenoxy) is 5. The first-order valence-electron chi connectivity index (χ1n) is 15.3. The number of hydrogen-bond acceptors (Lipinski definition) is 6. The maximum absolute atomic E-state index is 13.5. The lowest BCUT2D eigenvalue weighted by molar-refractivity contribution is -0.293. The molecule has 2 aliphatic heterocycles. The zero-order chi connectivity index (χ0) is 30.4. The van der Waals surface area contributed by atoms with E-state index in [1.807, 2.05) is 128 Å². The van der Waals surface area contributed by atoms with E-state index in [1.165, 1.54) is 0 Å². The second kappa shape index (κ2) is 14.0. The molecule has 0 saturated carbocycles. The van der Waals surface area contributed by atoms with Crippen LogP contribution in [0.3, 0.4) is 0 Å². The molecule has 0 aromatic heterocycles. The fourth-order valence-electron chi connectivity index (χ4n) is 6.68. The van der Waals surface area contributed by atoms with Crippen LogP contribution < -0.4 is 0 Å². The van der Waals surface area contributed by atoms with E-state index >= 15 is 0 Å². The molecule has 0 spiro atoms. The van der Waals surface area contributed by atoms with Crippen molar-refractivity contribution in [3.63, 3.8) is 0 Å². The van der Waals surface area contributed by atoms with E-state index in [9.17, 15) is 4.79 Å². The molecule has 2 fully saturated rings. The van der Waals surface area contributed by atoms with Gasteiger partial charge in [0.15, 0.2) is 6.29 Å². The van der Waals surface area contributed by atoms with Crippen LogP contribution in [0.25, 0.3) is 0 Å². The molecule has 2 aliphatic rings. The maximum atomic E-state index is 13.5. The Morgan fingerprint density at radius 1 is 0.682 bits per heavy atom. The SMILES string of the molecule is CC(=O)[C@H]1C2C(O[C@H](COCc3ccccc3)[C@@H](OCc3ccccc3)[C@@H]2OCc2ccccc2)O[C@]1(C)c1ccccc1. The summed E-state index contributed by atoms with van der Waals surface area (Å²) in [5.41, 5.74) is 3.18. The van der Waals surface area contributed by atoms with Gasteiger partial charge in [0, 0.05) is 0 Å². The minimum Gasteiger partial charge on any atom is -0.374 e.